The number of hydrogen-bond donors (Lipinski definition) is 3. The molecule has 7 heteroatoms. The van der Waals surface area contributed by atoms with Gasteiger partial charge in [0.15, 0.2) is 0 Å². The van der Waals surface area contributed by atoms with Gasteiger partial charge < -0.3 is 25.2 Å². The van der Waals surface area contributed by atoms with Crippen LogP contribution in [0.1, 0.15) is 18.9 Å². The number of benzene rings is 1. The highest BCUT2D eigenvalue weighted by Gasteiger charge is 2.17. The molecule has 116 valence electrons. The second-order valence-electron chi connectivity index (χ2n) is 4.30. The lowest BCUT2D eigenvalue weighted by atomic mass is 10.2. The van der Waals surface area contributed by atoms with E-state index >= 15 is 0 Å². The van der Waals surface area contributed by atoms with Crippen LogP contribution in [0.3, 0.4) is 0 Å². The molecule has 0 aliphatic carbocycles. The monoisotopic (exact) mass is 296 g/mol. The van der Waals surface area contributed by atoms with Crippen LogP contribution >= 0.6 is 0 Å². The van der Waals surface area contributed by atoms with Gasteiger partial charge in [0.25, 0.3) is 0 Å². The Bertz CT molecular complexity index is 504. The van der Waals surface area contributed by atoms with Crippen molar-refractivity contribution in [3.8, 4) is 11.5 Å². The summed E-state index contributed by atoms with van der Waals surface area (Å²) in [6.07, 6.45) is 0.314. The molecule has 1 aromatic rings. The van der Waals surface area contributed by atoms with Crippen LogP contribution in [0, 0.1) is 0 Å². The molecule has 1 atom stereocenters. The Morgan fingerprint density at radius 3 is 2.52 bits per heavy atom. The van der Waals surface area contributed by atoms with Crippen molar-refractivity contribution in [2.24, 2.45) is 0 Å². The van der Waals surface area contributed by atoms with Gasteiger partial charge in [0.05, 0.1) is 14.2 Å². The van der Waals surface area contributed by atoms with E-state index in [-0.39, 0.29) is 6.54 Å². The molecule has 0 fully saturated rings. The maximum absolute atomic E-state index is 11.7. The van der Waals surface area contributed by atoms with Gasteiger partial charge >= 0.3 is 12.0 Å². The highest BCUT2D eigenvalue weighted by molar-refractivity contribution is 5.82. The van der Waals surface area contributed by atoms with Gasteiger partial charge in [-0.25, -0.2) is 9.59 Å². The van der Waals surface area contributed by atoms with Crippen LogP contribution in [0.4, 0.5) is 4.79 Å². The van der Waals surface area contributed by atoms with E-state index < -0.39 is 18.0 Å². The Labute approximate surface area is 123 Å². The molecule has 0 saturated carbocycles. The van der Waals surface area contributed by atoms with Crippen molar-refractivity contribution in [1.82, 2.24) is 10.6 Å². The fourth-order valence-corrected chi connectivity index (χ4v) is 1.72. The fraction of sp³-hybridized carbons (Fsp3) is 0.429. The van der Waals surface area contributed by atoms with E-state index in [9.17, 15) is 9.59 Å². The molecule has 0 radical (unpaired) electrons. The van der Waals surface area contributed by atoms with Gasteiger partial charge in [0.1, 0.15) is 17.5 Å². The van der Waals surface area contributed by atoms with Crippen molar-refractivity contribution >= 4 is 12.0 Å². The lowest BCUT2D eigenvalue weighted by Crippen LogP contribution is -2.45. The maximum Gasteiger partial charge on any atom is 0.326 e. The molecule has 0 saturated heterocycles. The van der Waals surface area contributed by atoms with Crippen LogP contribution in [-0.2, 0) is 11.3 Å². The summed E-state index contributed by atoms with van der Waals surface area (Å²) in [5.74, 6) is 0.173. The molecule has 0 aliphatic heterocycles. The third kappa shape index (κ3) is 4.87. The zero-order chi connectivity index (χ0) is 15.8. The highest BCUT2D eigenvalue weighted by Crippen LogP contribution is 2.24. The standard InChI is InChI=1S/C14H20N2O5/c1-4-11(13(17)18)16-14(19)15-8-9-5-6-10(20-2)7-12(9)21-3/h5-7,11H,4,8H2,1-3H3,(H,17,18)(H2,15,16,19)/t11-/m1/s1. The summed E-state index contributed by atoms with van der Waals surface area (Å²) in [6, 6.07) is 3.79. The Morgan fingerprint density at radius 2 is 2.00 bits per heavy atom. The van der Waals surface area contributed by atoms with Crippen molar-refractivity contribution in [3.05, 3.63) is 23.8 Å². The minimum atomic E-state index is -1.06. The molecule has 21 heavy (non-hydrogen) atoms. The average Bonchev–Trinajstić information content (AvgIpc) is 2.49. The number of carboxylic acids is 1. The molecule has 0 aliphatic rings. The Morgan fingerprint density at radius 1 is 1.29 bits per heavy atom. The molecular formula is C14H20N2O5. The van der Waals surface area contributed by atoms with Gasteiger partial charge in [0.2, 0.25) is 0 Å². The van der Waals surface area contributed by atoms with E-state index in [1.807, 2.05) is 0 Å². The lowest BCUT2D eigenvalue weighted by Gasteiger charge is -2.14. The Balaban J connectivity index is 2.62. The van der Waals surface area contributed by atoms with E-state index in [1.165, 1.54) is 7.11 Å². The molecule has 0 bridgehead atoms. The number of methoxy groups -OCH3 is 2. The van der Waals surface area contributed by atoms with Gasteiger partial charge in [-0.05, 0) is 18.6 Å². The summed E-state index contributed by atoms with van der Waals surface area (Å²) >= 11 is 0. The predicted octanol–water partition coefficient (Wildman–Crippen LogP) is 1.37. The molecule has 2 amide bonds. The number of hydrogen-bond acceptors (Lipinski definition) is 4. The molecule has 0 aromatic heterocycles. The van der Waals surface area contributed by atoms with Crippen molar-refractivity contribution in [2.75, 3.05) is 14.2 Å². The zero-order valence-corrected chi connectivity index (χ0v) is 12.3. The normalized spacial score (nSPS) is 11.4. The first-order valence-corrected chi connectivity index (χ1v) is 6.49. The summed E-state index contributed by atoms with van der Waals surface area (Å²) < 4.78 is 10.3. The van der Waals surface area contributed by atoms with E-state index in [4.69, 9.17) is 14.6 Å². The van der Waals surface area contributed by atoms with Gasteiger partial charge in [-0.1, -0.05) is 6.92 Å². The molecule has 1 rings (SSSR count). The van der Waals surface area contributed by atoms with Gasteiger partial charge in [0, 0.05) is 18.2 Å². The summed E-state index contributed by atoms with van der Waals surface area (Å²) in [4.78, 5) is 22.5. The maximum atomic E-state index is 11.7. The predicted molar refractivity (Wildman–Crippen MR) is 76.6 cm³/mol. The molecule has 7 nitrogen and oxygen atoms in total. The minimum absolute atomic E-state index is 0.217. The number of urea groups is 1. The number of nitrogens with one attached hydrogen (secondary N) is 2. The average molecular weight is 296 g/mol. The summed E-state index contributed by atoms with van der Waals surface area (Å²) in [5.41, 5.74) is 0.761. The number of rotatable bonds is 7. The summed E-state index contributed by atoms with van der Waals surface area (Å²) in [6.45, 7) is 1.90. The Kier molecular flexibility index (Phi) is 6.32. The lowest BCUT2D eigenvalue weighted by molar-refractivity contribution is -0.139. The van der Waals surface area contributed by atoms with Crippen LogP contribution in [0.5, 0.6) is 11.5 Å². The number of aliphatic carboxylic acids is 1. The largest absolute Gasteiger partial charge is 0.497 e. The number of carbonyl (C=O) groups excluding carboxylic acids is 1. The summed E-state index contributed by atoms with van der Waals surface area (Å²) in [7, 11) is 3.08. The number of carboxylic acid groups (broad SMARTS) is 1. The van der Waals surface area contributed by atoms with E-state index in [0.29, 0.717) is 17.9 Å². The fourth-order valence-electron chi connectivity index (χ4n) is 1.72. The third-order valence-electron chi connectivity index (χ3n) is 2.95. The third-order valence-corrected chi connectivity index (χ3v) is 2.95. The molecule has 3 N–H and O–H groups in total. The molecule has 1 aromatic carbocycles. The number of ether oxygens (including phenoxy) is 2. The summed E-state index contributed by atoms with van der Waals surface area (Å²) in [5, 5.41) is 13.8. The quantitative estimate of drug-likeness (QED) is 0.706. The first-order chi connectivity index (χ1) is 10.0. The second kappa shape index (κ2) is 7.98. The van der Waals surface area contributed by atoms with Crippen molar-refractivity contribution in [3.63, 3.8) is 0 Å². The molecule has 0 spiro atoms. The van der Waals surface area contributed by atoms with E-state index in [0.717, 1.165) is 5.56 Å². The van der Waals surface area contributed by atoms with Crippen molar-refractivity contribution < 1.29 is 24.2 Å². The first kappa shape index (κ1) is 16.6. The van der Waals surface area contributed by atoms with E-state index in [2.05, 4.69) is 10.6 Å². The van der Waals surface area contributed by atoms with Gasteiger partial charge in [-0.2, -0.15) is 0 Å². The smallest absolute Gasteiger partial charge is 0.326 e. The highest BCUT2D eigenvalue weighted by atomic mass is 16.5. The molecule has 0 heterocycles. The SMILES string of the molecule is CC[C@@H](NC(=O)NCc1ccc(OC)cc1OC)C(=O)O. The van der Waals surface area contributed by atoms with Crippen molar-refractivity contribution in [1.29, 1.82) is 0 Å². The van der Waals surface area contributed by atoms with Crippen LogP contribution in [0.15, 0.2) is 18.2 Å². The topological polar surface area (TPSA) is 96.9 Å². The van der Waals surface area contributed by atoms with Gasteiger partial charge in [-0.15, -0.1) is 0 Å². The van der Waals surface area contributed by atoms with E-state index in [1.54, 1.807) is 32.2 Å². The number of carbonyl (C=O) groups is 2. The van der Waals surface area contributed by atoms with Crippen LogP contribution in [0.25, 0.3) is 0 Å². The Hall–Kier alpha value is -2.44. The molecule has 0 unspecified atom stereocenters. The minimum Gasteiger partial charge on any atom is -0.497 e. The van der Waals surface area contributed by atoms with Crippen LogP contribution in [0.2, 0.25) is 0 Å². The van der Waals surface area contributed by atoms with Gasteiger partial charge in [-0.3, -0.25) is 0 Å². The second-order valence-corrected chi connectivity index (χ2v) is 4.30. The van der Waals surface area contributed by atoms with Crippen LogP contribution in [-0.4, -0.2) is 37.4 Å². The van der Waals surface area contributed by atoms with Crippen molar-refractivity contribution in [2.45, 2.75) is 25.9 Å². The molecular weight excluding hydrogens is 276 g/mol. The van der Waals surface area contributed by atoms with Crippen LogP contribution < -0.4 is 20.1 Å². The zero-order valence-electron chi connectivity index (χ0n) is 12.3. The number of amides is 2. The first-order valence-electron chi connectivity index (χ1n) is 6.49.